The standard InChI is InChI=1S/C37H39N3O7S/c38-31-8-1-2-9-32(31)40-35(43)11-4-3-10-34(42)39-28-7-5-6-27(20-28)37-46-29(23-48-30-18-16-26(17-19-30)36(44)45)21-33(47-37)25-14-12-24(22-41)13-15-25/h1-2,5-9,12-20,29,33,37,41H,3-4,10-11,21-23,38H2,(H,39,42)(H,40,43)(H,44,45)/t29-,33+,37+/m0/s1. The minimum absolute atomic E-state index is 0.0465. The molecular weight excluding hydrogens is 630 g/mol. The van der Waals surface area contributed by atoms with Crippen LogP contribution in [0.3, 0.4) is 0 Å². The molecule has 11 heteroatoms. The molecule has 1 fully saturated rings. The third-order valence-electron chi connectivity index (χ3n) is 7.89. The largest absolute Gasteiger partial charge is 0.478 e. The van der Waals surface area contributed by atoms with Crippen molar-refractivity contribution in [2.45, 2.75) is 62.1 Å². The normalized spacial score (nSPS) is 17.4. The lowest BCUT2D eigenvalue weighted by Gasteiger charge is -2.36. The molecule has 3 atom stereocenters. The van der Waals surface area contributed by atoms with Gasteiger partial charge in [-0.3, -0.25) is 9.59 Å². The summed E-state index contributed by atoms with van der Waals surface area (Å²) in [5.74, 6) is -0.658. The number of unbranched alkanes of at least 4 members (excludes halogenated alkanes) is 1. The zero-order valence-corrected chi connectivity index (χ0v) is 27.2. The molecule has 1 heterocycles. The topological polar surface area (TPSA) is 160 Å². The Morgan fingerprint density at radius 3 is 2.21 bits per heavy atom. The predicted molar refractivity (Wildman–Crippen MR) is 186 cm³/mol. The lowest BCUT2D eigenvalue weighted by Crippen LogP contribution is -2.31. The molecular formula is C37H39N3O7S. The first kappa shape index (κ1) is 34.6. The van der Waals surface area contributed by atoms with Crippen LogP contribution in [0.4, 0.5) is 17.1 Å². The fraction of sp³-hybridized carbons (Fsp3) is 0.270. The van der Waals surface area contributed by atoms with E-state index in [2.05, 4.69) is 10.6 Å². The number of para-hydroxylation sites is 2. The van der Waals surface area contributed by atoms with E-state index in [1.165, 1.54) is 0 Å². The summed E-state index contributed by atoms with van der Waals surface area (Å²) >= 11 is 1.58. The number of amides is 2. The molecule has 0 aliphatic carbocycles. The predicted octanol–water partition coefficient (Wildman–Crippen LogP) is 6.93. The highest BCUT2D eigenvalue weighted by Crippen LogP contribution is 2.40. The third kappa shape index (κ3) is 9.91. The molecule has 0 radical (unpaired) electrons. The Bertz CT molecular complexity index is 1700. The Kier molecular flexibility index (Phi) is 12.2. The molecule has 1 aliphatic rings. The summed E-state index contributed by atoms with van der Waals surface area (Å²) in [6.07, 6.45) is 1.09. The van der Waals surface area contributed by atoms with Crippen LogP contribution in [0.2, 0.25) is 0 Å². The fourth-order valence-corrected chi connectivity index (χ4v) is 6.21. The van der Waals surface area contributed by atoms with Gasteiger partial charge in [0.2, 0.25) is 11.8 Å². The number of benzene rings is 4. The molecule has 2 amide bonds. The van der Waals surface area contributed by atoms with Crippen LogP contribution >= 0.6 is 11.8 Å². The molecule has 1 aliphatic heterocycles. The molecule has 0 unspecified atom stereocenters. The number of aliphatic hydroxyl groups is 1. The number of hydrogen-bond donors (Lipinski definition) is 5. The number of carbonyl (C=O) groups is 3. The molecule has 10 nitrogen and oxygen atoms in total. The summed E-state index contributed by atoms with van der Waals surface area (Å²) in [7, 11) is 0. The first-order chi connectivity index (χ1) is 23.3. The number of carbonyl (C=O) groups excluding carboxylic acids is 2. The average Bonchev–Trinajstić information content (AvgIpc) is 3.10. The molecule has 48 heavy (non-hydrogen) atoms. The number of nitrogen functional groups attached to an aromatic ring is 1. The second-order valence-corrected chi connectivity index (χ2v) is 12.6. The molecule has 4 aromatic carbocycles. The van der Waals surface area contributed by atoms with E-state index < -0.39 is 12.3 Å². The number of nitrogens with one attached hydrogen (secondary N) is 2. The molecule has 0 spiro atoms. The van der Waals surface area contributed by atoms with Crippen LogP contribution in [0.25, 0.3) is 0 Å². The molecule has 5 rings (SSSR count). The molecule has 1 saturated heterocycles. The monoisotopic (exact) mass is 669 g/mol. The second kappa shape index (κ2) is 16.9. The Labute approximate surface area is 283 Å². The maximum absolute atomic E-state index is 12.8. The number of rotatable bonds is 14. The van der Waals surface area contributed by atoms with Crippen molar-refractivity contribution in [3.05, 3.63) is 119 Å². The summed E-state index contributed by atoms with van der Waals surface area (Å²) in [6.45, 7) is -0.0465. The van der Waals surface area contributed by atoms with Gasteiger partial charge in [-0.05, 0) is 72.5 Å². The molecule has 250 valence electrons. The van der Waals surface area contributed by atoms with Gasteiger partial charge in [0.15, 0.2) is 6.29 Å². The molecule has 6 N–H and O–H groups in total. The van der Waals surface area contributed by atoms with Crippen molar-refractivity contribution in [1.29, 1.82) is 0 Å². The van der Waals surface area contributed by atoms with Crippen LogP contribution in [-0.4, -0.2) is 39.9 Å². The van der Waals surface area contributed by atoms with Crippen molar-refractivity contribution >= 4 is 46.6 Å². The number of carboxylic acid groups (broad SMARTS) is 1. The van der Waals surface area contributed by atoms with Crippen LogP contribution in [0.5, 0.6) is 0 Å². The maximum Gasteiger partial charge on any atom is 0.335 e. The van der Waals surface area contributed by atoms with Gasteiger partial charge in [0.05, 0.1) is 35.8 Å². The number of nitrogens with two attached hydrogens (primary N) is 1. The van der Waals surface area contributed by atoms with Crippen molar-refractivity contribution in [3.8, 4) is 0 Å². The minimum Gasteiger partial charge on any atom is -0.478 e. The lowest BCUT2D eigenvalue weighted by atomic mass is 10.0. The number of aromatic carboxylic acids is 1. The van der Waals surface area contributed by atoms with Crippen molar-refractivity contribution in [2.75, 3.05) is 22.1 Å². The van der Waals surface area contributed by atoms with Crippen LogP contribution in [0.15, 0.2) is 102 Å². The summed E-state index contributed by atoms with van der Waals surface area (Å²) in [5, 5.41) is 24.4. The highest BCUT2D eigenvalue weighted by molar-refractivity contribution is 7.99. The third-order valence-corrected chi connectivity index (χ3v) is 9.03. The van der Waals surface area contributed by atoms with Gasteiger partial charge in [0, 0.05) is 41.2 Å². The first-order valence-corrected chi connectivity index (χ1v) is 16.8. The van der Waals surface area contributed by atoms with Crippen LogP contribution in [0, 0.1) is 0 Å². The second-order valence-electron chi connectivity index (χ2n) is 11.5. The minimum atomic E-state index is -0.967. The first-order valence-electron chi connectivity index (χ1n) is 15.8. The number of anilines is 3. The van der Waals surface area contributed by atoms with Gasteiger partial charge in [-0.1, -0.05) is 48.5 Å². The van der Waals surface area contributed by atoms with E-state index in [1.54, 1.807) is 66.4 Å². The van der Waals surface area contributed by atoms with Crippen LogP contribution in [0.1, 0.15) is 71.5 Å². The van der Waals surface area contributed by atoms with Gasteiger partial charge in [0.1, 0.15) is 0 Å². The maximum atomic E-state index is 12.8. The number of thioether (sulfide) groups is 1. The van der Waals surface area contributed by atoms with Crippen molar-refractivity contribution < 1.29 is 34.1 Å². The number of ether oxygens (including phenoxy) is 2. The number of aliphatic hydroxyl groups excluding tert-OH is 1. The van der Waals surface area contributed by atoms with E-state index in [9.17, 15) is 24.6 Å². The number of hydrogen-bond acceptors (Lipinski definition) is 8. The van der Waals surface area contributed by atoms with Gasteiger partial charge in [-0.25, -0.2) is 4.79 Å². The summed E-state index contributed by atoms with van der Waals surface area (Å²) < 4.78 is 12.9. The smallest absolute Gasteiger partial charge is 0.335 e. The average molecular weight is 670 g/mol. The quantitative estimate of drug-likeness (QED) is 0.0545. The fourth-order valence-electron chi connectivity index (χ4n) is 5.29. The molecule has 0 saturated carbocycles. The van der Waals surface area contributed by atoms with E-state index in [0.29, 0.717) is 42.1 Å². The summed E-state index contributed by atoms with van der Waals surface area (Å²) in [4.78, 5) is 37.2. The van der Waals surface area contributed by atoms with Gasteiger partial charge >= 0.3 is 5.97 Å². The van der Waals surface area contributed by atoms with Gasteiger partial charge < -0.3 is 36.1 Å². The van der Waals surface area contributed by atoms with Crippen molar-refractivity contribution in [2.24, 2.45) is 0 Å². The SMILES string of the molecule is Nc1ccccc1NC(=O)CCCCC(=O)Nc1cccc([C@@H]2O[C@H](CSc3ccc(C(=O)O)cc3)C[C@H](c3ccc(CO)cc3)O2)c1. The molecule has 0 bridgehead atoms. The van der Waals surface area contributed by atoms with Crippen molar-refractivity contribution in [3.63, 3.8) is 0 Å². The van der Waals surface area contributed by atoms with E-state index in [1.807, 2.05) is 42.5 Å². The Morgan fingerprint density at radius 2 is 1.52 bits per heavy atom. The summed E-state index contributed by atoms with van der Waals surface area (Å²) in [6, 6.07) is 28.9. The number of carboxylic acids is 1. The van der Waals surface area contributed by atoms with Gasteiger partial charge in [-0.15, -0.1) is 11.8 Å². The highest BCUT2D eigenvalue weighted by atomic mass is 32.2. The molecule has 0 aromatic heterocycles. The molecule has 4 aromatic rings. The van der Waals surface area contributed by atoms with E-state index in [-0.39, 0.29) is 49.0 Å². The zero-order valence-electron chi connectivity index (χ0n) is 26.3. The highest BCUT2D eigenvalue weighted by Gasteiger charge is 2.32. The Balaban J connectivity index is 1.18. The van der Waals surface area contributed by atoms with Gasteiger partial charge in [-0.2, -0.15) is 0 Å². The van der Waals surface area contributed by atoms with Crippen molar-refractivity contribution in [1.82, 2.24) is 0 Å². The summed E-state index contributed by atoms with van der Waals surface area (Å²) in [5.41, 5.74) is 10.3. The Hall–Kier alpha value is -4.68. The van der Waals surface area contributed by atoms with Crippen LogP contribution in [-0.2, 0) is 25.7 Å². The lowest BCUT2D eigenvalue weighted by molar-refractivity contribution is -0.245. The van der Waals surface area contributed by atoms with Crippen LogP contribution < -0.4 is 16.4 Å². The van der Waals surface area contributed by atoms with Gasteiger partial charge in [0.25, 0.3) is 0 Å². The van der Waals surface area contributed by atoms with E-state index in [0.717, 1.165) is 21.6 Å². The van der Waals surface area contributed by atoms with E-state index in [4.69, 9.17) is 15.2 Å². The zero-order chi connectivity index (χ0) is 33.9. The van der Waals surface area contributed by atoms with E-state index >= 15 is 0 Å². The Morgan fingerprint density at radius 1 is 0.812 bits per heavy atom.